The van der Waals surface area contributed by atoms with Crippen LogP contribution in [0.3, 0.4) is 0 Å². The first-order valence-electron chi connectivity index (χ1n) is 6.54. The molecule has 0 aromatic heterocycles. The molecule has 0 bridgehead atoms. The highest BCUT2D eigenvalue weighted by Gasteiger charge is 2.05. The lowest BCUT2D eigenvalue weighted by molar-refractivity contribution is 0.287. The first kappa shape index (κ1) is 14.3. The third-order valence-corrected chi connectivity index (χ3v) is 2.87. The van der Waals surface area contributed by atoms with Crippen molar-refractivity contribution >= 4 is 23.0 Å². The fourth-order valence-corrected chi connectivity index (χ4v) is 2.01. The lowest BCUT2D eigenvalue weighted by Gasteiger charge is -2.17. The van der Waals surface area contributed by atoms with E-state index in [0.717, 1.165) is 11.4 Å². The molecule has 20 heavy (non-hydrogen) atoms. The molecule has 0 amide bonds. The number of nitrogens with one attached hydrogen (secondary N) is 2. The zero-order valence-corrected chi connectivity index (χ0v) is 12.2. The number of hydrogen-bond acceptors (Lipinski definition) is 2. The summed E-state index contributed by atoms with van der Waals surface area (Å²) >= 11 is 5.27. The third kappa shape index (κ3) is 4.90. The highest BCUT2D eigenvalue weighted by atomic mass is 32.1. The number of hydrogen-bond donors (Lipinski definition) is 2. The number of para-hydroxylation sites is 2. The molecule has 2 aromatic carbocycles. The van der Waals surface area contributed by atoms with Gasteiger partial charge in [0.2, 0.25) is 0 Å². The minimum Gasteiger partial charge on any atom is -0.491 e. The molecule has 0 saturated heterocycles. The molecule has 1 atom stereocenters. The van der Waals surface area contributed by atoms with Gasteiger partial charge < -0.3 is 15.4 Å². The molecule has 0 fully saturated rings. The third-order valence-electron chi connectivity index (χ3n) is 2.65. The molecule has 1 unspecified atom stereocenters. The molecule has 2 rings (SSSR count). The molecule has 104 valence electrons. The van der Waals surface area contributed by atoms with Crippen LogP contribution in [0.5, 0.6) is 5.75 Å². The molecular weight excluding hydrogens is 268 g/mol. The van der Waals surface area contributed by atoms with Gasteiger partial charge in [0.05, 0.1) is 6.04 Å². The summed E-state index contributed by atoms with van der Waals surface area (Å²) < 4.78 is 5.67. The van der Waals surface area contributed by atoms with Crippen LogP contribution in [0.25, 0.3) is 0 Å². The van der Waals surface area contributed by atoms with Crippen LogP contribution in [0, 0.1) is 0 Å². The van der Waals surface area contributed by atoms with E-state index in [4.69, 9.17) is 17.0 Å². The lowest BCUT2D eigenvalue weighted by atomic mass is 10.3. The van der Waals surface area contributed by atoms with E-state index < -0.39 is 0 Å². The van der Waals surface area contributed by atoms with Gasteiger partial charge in [-0.05, 0) is 43.4 Å². The van der Waals surface area contributed by atoms with Crippen LogP contribution in [0.4, 0.5) is 5.69 Å². The predicted octanol–water partition coefficient (Wildman–Crippen LogP) is 3.44. The molecule has 4 heteroatoms. The van der Waals surface area contributed by atoms with Crippen molar-refractivity contribution in [1.29, 1.82) is 0 Å². The van der Waals surface area contributed by atoms with Crippen molar-refractivity contribution in [3.8, 4) is 5.75 Å². The van der Waals surface area contributed by atoms with E-state index in [1.807, 2.05) is 67.6 Å². The summed E-state index contributed by atoms with van der Waals surface area (Å²) in [4.78, 5) is 0. The SMILES string of the molecule is CC(COc1ccccc1)NC(=S)Nc1ccccc1. The molecule has 0 heterocycles. The van der Waals surface area contributed by atoms with Crippen LogP contribution in [-0.4, -0.2) is 17.8 Å². The molecule has 0 aliphatic rings. The summed E-state index contributed by atoms with van der Waals surface area (Å²) in [5.74, 6) is 0.864. The van der Waals surface area contributed by atoms with Gasteiger partial charge in [-0.2, -0.15) is 0 Å². The van der Waals surface area contributed by atoms with E-state index in [9.17, 15) is 0 Å². The van der Waals surface area contributed by atoms with Crippen molar-refractivity contribution in [1.82, 2.24) is 5.32 Å². The minimum absolute atomic E-state index is 0.124. The van der Waals surface area contributed by atoms with Crippen molar-refractivity contribution in [2.24, 2.45) is 0 Å². The Kier molecular flexibility index (Phi) is 5.38. The number of benzene rings is 2. The Labute approximate surface area is 125 Å². The van der Waals surface area contributed by atoms with E-state index in [1.165, 1.54) is 0 Å². The van der Waals surface area contributed by atoms with Gasteiger partial charge in [-0.25, -0.2) is 0 Å². The van der Waals surface area contributed by atoms with E-state index >= 15 is 0 Å². The maximum Gasteiger partial charge on any atom is 0.171 e. The second kappa shape index (κ2) is 7.50. The molecular formula is C16H18N2OS. The van der Waals surface area contributed by atoms with E-state index in [0.29, 0.717) is 11.7 Å². The monoisotopic (exact) mass is 286 g/mol. The summed E-state index contributed by atoms with van der Waals surface area (Å²) in [6.07, 6.45) is 0. The standard InChI is InChI=1S/C16H18N2OS/c1-13(12-19-15-10-6-3-7-11-15)17-16(20)18-14-8-4-2-5-9-14/h2-11,13H,12H2,1H3,(H2,17,18,20). The second-order valence-corrected chi connectivity index (χ2v) is 4.90. The fraction of sp³-hybridized carbons (Fsp3) is 0.188. The maximum absolute atomic E-state index is 5.67. The van der Waals surface area contributed by atoms with Crippen molar-refractivity contribution in [2.45, 2.75) is 13.0 Å². The van der Waals surface area contributed by atoms with Gasteiger partial charge in [-0.3, -0.25) is 0 Å². The number of thiocarbonyl (C=S) groups is 1. The predicted molar refractivity (Wildman–Crippen MR) is 87.2 cm³/mol. The summed E-state index contributed by atoms with van der Waals surface area (Å²) in [6.45, 7) is 2.59. The van der Waals surface area contributed by atoms with Crippen LogP contribution < -0.4 is 15.4 Å². The van der Waals surface area contributed by atoms with Crippen molar-refractivity contribution in [3.05, 3.63) is 60.7 Å². The maximum atomic E-state index is 5.67. The first-order valence-corrected chi connectivity index (χ1v) is 6.95. The Morgan fingerprint density at radius 1 is 1.05 bits per heavy atom. The zero-order chi connectivity index (χ0) is 14.2. The summed E-state index contributed by atoms with van der Waals surface area (Å²) in [5, 5.41) is 6.93. The number of anilines is 1. The quantitative estimate of drug-likeness (QED) is 0.825. The van der Waals surface area contributed by atoms with Crippen molar-refractivity contribution in [3.63, 3.8) is 0 Å². The molecule has 0 radical (unpaired) electrons. The average Bonchev–Trinajstić information content (AvgIpc) is 2.47. The van der Waals surface area contributed by atoms with Crippen LogP contribution in [0.15, 0.2) is 60.7 Å². The van der Waals surface area contributed by atoms with Crippen molar-refractivity contribution in [2.75, 3.05) is 11.9 Å². The second-order valence-electron chi connectivity index (χ2n) is 4.49. The number of rotatable bonds is 5. The van der Waals surface area contributed by atoms with Crippen LogP contribution >= 0.6 is 12.2 Å². The summed E-state index contributed by atoms with van der Waals surface area (Å²) in [7, 11) is 0. The van der Waals surface area contributed by atoms with Gasteiger partial charge in [0, 0.05) is 5.69 Å². The largest absolute Gasteiger partial charge is 0.491 e. The highest BCUT2D eigenvalue weighted by Crippen LogP contribution is 2.08. The number of ether oxygens (including phenoxy) is 1. The van der Waals surface area contributed by atoms with Gasteiger partial charge in [0.25, 0.3) is 0 Å². The van der Waals surface area contributed by atoms with E-state index in [-0.39, 0.29) is 6.04 Å². The highest BCUT2D eigenvalue weighted by molar-refractivity contribution is 7.80. The van der Waals surface area contributed by atoms with E-state index in [1.54, 1.807) is 0 Å². The van der Waals surface area contributed by atoms with Gasteiger partial charge in [-0.15, -0.1) is 0 Å². The van der Waals surface area contributed by atoms with Gasteiger partial charge in [0.15, 0.2) is 5.11 Å². The normalized spacial score (nSPS) is 11.4. The Morgan fingerprint density at radius 2 is 1.65 bits per heavy atom. The molecule has 0 spiro atoms. The fourth-order valence-electron chi connectivity index (χ4n) is 1.69. The van der Waals surface area contributed by atoms with E-state index in [2.05, 4.69) is 10.6 Å². The molecule has 0 aliphatic heterocycles. The average molecular weight is 286 g/mol. The molecule has 2 aromatic rings. The molecule has 0 saturated carbocycles. The van der Waals surface area contributed by atoms with Crippen LogP contribution in [-0.2, 0) is 0 Å². The molecule has 2 N–H and O–H groups in total. The molecule has 3 nitrogen and oxygen atoms in total. The van der Waals surface area contributed by atoms with Crippen molar-refractivity contribution < 1.29 is 4.74 Å². The zero-order valence-electron chi connectivity index (χ0n) is 11.4. The Bertz CT molecular complexity index is 531. The topological polar surface area (TPSA) is 33.3 Å². The first-order chi connectivity index (χ1) is 9.74. The lowest BCUT2D eigenvalue weighted by Crippen LogP contribution is -2.39. The van der Waals surface area contributed by atoms with Gasteiger partial charge >= 0.3 is 0 Å². The summed E-state index contributed by atoms with van der Waals surface area (Å²) in [5.41, 5.74) is 0.973. The van der Waals surface area contributed by atoms with Gasteiger partial charge in [-0.1, -0.05) is 36.4 Å². The minimum atomic E-state index is 0.124. The Hall–Kier alpha value is -2.07. The van der Waals surface area contributed by atoms with Crippen LogP contribution in [0.2, 0.25) is 0 Å². The molecule has 0 aliphatic carbocycles. The Morgan fingerprint density at radius 3 is 2.30 bits per heavy atom. The van der Waals surface area contributed by atoms with Gasteiger partial charge in [0.1, 0.15) is 12.4 Å². The summed E-state index contributed by atoms with van der Waals surface area (Å²) in [6, 6.07) is 19.7. The smallest absolute Gasteiger partial charge is 0.171 e. The van der Waals surface area contributed by atoms with Crippen LogP contribution in [0.1, 0.15) is 6.92 Å². The Balaban J connectivity index is 1.74.